The van der Waals surface area contributed by atoms with Gasteiger partial charge >= 0.3 is 5.97 Å². The number of halogens is 1. The van der Waals surface area contributed by atoms with E-state index >= 15 is 0 Å². The summed E-state index contributed by atoms with van der Waals surface area (Å²) in [6.45, 7) is 0.387. The molecule has 1 aromatic heterocycles. The molecule has 1 fully saturated rings. The molecule has 9 heteroatoms. The predicted molar refractivity (Wildman–Crippen MR) is 79.6 cm³/mol. The van der Waals surface area contributed by atoms with Crippen molar-refractivity contribution in [2.45, 2.75) is 23.0 Å². The number of aromatic carboxylic acids is 1. The van der Waals surface area contributed by atoms with Crippen LogP contribution in [0.25, 0.3) is 0 Å². The number of carboxylic acids is 1. The van der Waals surface area contributed by atoms with Gasteiger partial charge in [-0.3, -0.25) is 0 Å². The molecule has 106 valence electrons. The standard InChI is InChI=1S/C10H12BrNO4S3/c11-9-8(4-7(18-9)10(13)14)19(15,16)12-5-6-2-1-3-17-6/h4,6,12H,1-3,5H2,(H,13,14). The highest BCUT2D eigenvalue weighted by molar-refractivity contribution is 9.11. The minimum absolute atomic E-state index is 0.00195. The number of thioether (sulfide) groups is 1. The van der Waals surface area contributed by atoms with E-state index < -0.39 is 16.0 Å². The molecule has 19 heavy (non-hydrogen) atoms. The summed E-state index contributed by atoms with van der Waals surface area (Å²) in [7, 11) is -3.65. The van der Waals surface area contributed by atoms with Gasteiger partial charge in [-0.15, -0.1) is 11.3 Å². The second-order valence-electron chi connectivity index (χ2n) is 4.04. The third-order valence-electron chi connectivity index (χ3n) is 2.68. The van der Waals surface area contributed by atoms with Gasteiger partial charge in [0.15, 0.2) is 0 Å². The van der Waals surface area contributed by atoms with Crippen LogP contribution in [0.1, 0.15) is 22.5 Å². The molecule has 1 aliphatic heterocycles. The minimum Gasteiger partial charge on any atom is -0.477 e. The van der Waals surface area contributed by atoms with Gasteiger partial charge in [-0.1, -0.05) is 0 Å². The Bertz CT molecular complexity index is 578. The van der Waals surface area contributed by atoms with E-state index in [1.54, 1.807) is 11.8 Å². The number of hydrogen-bond acceptors (Lipinski definition) is 5. The Morgan fingerprint density at radius 2 is 2.32 bits per heavy atom. The molecule has 0 aliphatic carbocycles. The molecule has 0 bridgehead atoms. The van der Waals surface area contributed by atoms with Gasteiger partial charge in [0.05, 0.1) is 3.79 Å². The molecule has 2 heterocycles. The lowest BCUT2D eigenvalue weighted by Crippen LogP contribution is -2.29. The zero-order valence-electron chi connectivity index (χ0n) is 9.76. The number of nitrogens with one attached hydrogen (secondary N) is 1. The monoisotopic (exact) mass is 385 g/mol. The van der Waals surface area contributed by atoms with Crippen molar-refractivity contribution in [3.63, 3.8) is 0 Å². The maximum Gasteiger partial charge on any atom is 0.345 e. The first-order chi connectivity index (χ1) is 8.90. The topological polar surface area (TPSA) is 83.5 Å². The smallest absolute Gasteiger partial charge is 0.345 e. The summed E-state index contributed by atoms with van der Waals surface area (Å²) >= 11 is 5.77. The normalized spacial score (nSPS) is 19.7. The summed E-state index contributed by atoms with van der Waals surface area (Å²) < 4.78 is 27.1. The molecule has 1 aromatic rings. The second kappa shape index (κ2) is 6.13. The molecule has 2 N–H and O–H groups in total. The fourth-order valence-corrected chi connectivity index (χ4v) is 6.52. The maximum atomic E-state index is 12.1. The molecule has 5 nitrogen and oxygen atoms in total. The van der Waals surface area contributed by atoms with E-state index in [4.69, 9.17) is 5.11 Å². The van der Waals surface area contributed by atoms with Crippen LogP contribution >= 0.6 is 39.0 Å². The van der Waals surface area contributed by atoms with Gasteiger partial charge in [0.2, 0.25) is 10.0 Å². The Morgan fingerprint density at radius 1 is 1.58 bits per heavy atom. The van der Waals surface area contributed by atoms with Crippen LogP contribution in [0.5, 0.6) is 0 Å². The Labute approximate surface area is 128 Å². The highest BCUT2D eigenvalue weighted by Gasteiger charge is 2.25. The van der Waals surface area contributed by atoms with Gasteiger partial charge < -0.3 is 5.11 Å². The summed E-state index contributed by atoms with van der Waals surface area (Å²) in [6, 6.07) is 1.18. The van der Waals surface area contributed by atoms with Crippen LogP contribution in [0.3, 0.4) is 0 Å². The quantitative estimate of drug-likeness (QED) is 0.812. The summed E-state index contributed by atoms with van der Waals surface area (Å²) in [6.07, 6.45) is 2.13. The van der Waals surface area contributed by atoms with Crippen LogP contribution in [0, 0.1) is 0 Å². The average molecular weight is 386 g/mol. The predicted octanol–water partition coefficient (Wildman–Crippen LogP) is 2.38. The van der Waals surface area contributed by atoms with E-state index in [9.17, 15) is 13.2 Å². The molecule has 1 unspecified atom stereocenters. The fourth-order valence-electron chi connectivity index (χ4n) is 1.73. The van der Waals surface area contributed by atoms with Crippen molar-refractivity contribution >= 4 is 55.0 Å². The van der Waals surface area contributed by atoms with Crippen molar-refractivity contribution in [1.82, 2.24) is 4.72 Å². The zero-order chi connectivity index (χ0) is 14.0. The molecule has 1 saturated heterocycles. The van der Waals surface area contributed by atoms with Gasteiger partial charge in [-0.05, 0) is 40.6 Å². The van der Waals surface area contributed by atoms with Gasteiger partial charge in [-0.25, -0.2) is 17.9 Å². The van der Waals surface area contributed by atoms with Crippen molar-refractivity contribution in [3.05, 3.63) is 14.7 Å². The fraction of sp³-hybridized carbons (Fsp3) is 0.500. The molecular weight excluding hydrogens is 374 g/mol. The van der Waals surface area contributed by atoms with Crippen LogP contribution in [-0.2, 0) is 10.0 Å². The van der Waals surface area contributed by atoms with E-state index in [0.717, 1.165) is 29.9 Å². The number of rotatable bonds is 5. The third kappa shape index (κ3) is 3.72. The number of sulfonamides is 1. The summed E-state index contributed by atoms with van der Waals surface area (Å²) in [5.74, 6) is -0.0592. The molecule has 0 saturated carbocycles. The number of hydrogen-bond donors (Lipinski definition) is 2. The SMILES string of the molecule is O=C(O)c1cc(S(=O)(=O)NCC2CCCS2)c(Br)s1. The van der Waals surface area contributed by atoms with Gasteiger partial charge in [0, 0.05) is 11.8 Å². The van der Waals surface area contributed by atoms with Crippen LogP contribution < -0.4 is 4.72 Å². The van der Waals surface area contributed by atoms with Crippen LogP contribution in [-0.4, -0.2) is 37.0 Å². The van der Waals surface area contributed by atoms with E-state index in [2.05, 4.69) is 20.7 Å². The van der Waals surface area contributed by atoms with Crippen molar-refractivity contribution in [2.24, 2.45) is 0 Å². The lowest BCUT2D eigenvalue weighted by molar-refractivity contribution is 0.0702. The lowest BCUT2D eigenvalue weighted by atomic mass is 10.2. The summed E-state index contributed by atoms with van der Waals surface area (Å²) in [4.78, 5) is 10.8. The Balaban J connectivity index is 2.12. The number of thiophene rings is 1. The highest BCUT2D eigenvalue weighted by atomic mass is 79.9. The molecule has 1 aliphatic rings. The average Bonchev–Trinajstić information content (AvgIpc) is 2.95. The van der Waals surface area contributed by atoms with Crippen molar-refractivity contribution < 1.29 is 18.3 Å². The first-order valence-corrected chi connectivity index (χ1v) is 9.68. The molecule has 0 aromatic carbocycles. The largest absolute Gasteiger partial charge is 0.477 e. The molecule has 2 rings (SSSR count). The number of carboxylic acid groups (broad SMARTS) is 1. The summed E-state index contributed by atoms with van der Waals surface area (Å²) in [5.41, 5.74) is 0. The molecule has 0 amide bonds. The lowest BCUT2D eigenvalue weighted by Gasteiger charge is -2.10. The van der Waals surface area contributed by atoms with Crippen LogP contribution in [0.15, 0.2) is 14.7 Å². The highest BCUT2D eigenvalue weighted by Crippen LogP contribution is 2.32. The van der Waals surface area contributed by atoms with Gasteiger partial charge in [0.25, 0.3) is 0 Å². The van der Waals surface area contributed by atoms with Gasteiger partial charge in [0.1, 0.15) is 9.77 Å². The second-order valence-corrected chi connectivity index (χ2v) is 9.55. The first kappa shape index (κ1) is 15.3. The van der Waals surface area contributed by atoms with Gasteiger partial charge in [-0.2, -0.15) is 11.8 Å². The van der Waals surface area contributed by atoms with Crippen molar-refractivity contribution in [3.8, 4) is 0 Å². The van der Waals surface area contributed by atoms with Crippen molar-refractivity contribution in [1.29, 1.82) is 0 Å². The number of carbonyl (C=O) groups is 1. The van der Waals surface area contributed by atoms with Crippen LogP contribution in [0.2, 0.25) is 0 Å². The van der Waals surface area contributed by atoms with E-state index in [0.29, 0.717) is 15.6 Å². The molecule has 1 atom stereocenters. The zero-order valence-corrected chi connectivity index (χ0v) is 13.8. The Kier molecular flexibility index (Phi) is 4.93. The first-order valence-electron chi connectivity index (χ1n) is 5.54. The molecule has 0 spiro atoms. The Hall–Kier alpha value is -0.0900. The summed E-state index contributed by atoms with van der Waals surface area (Å²) in [5, 5.41) is 9.17. The van der Waals surface area contributed by atoms with Crippen molar-refractivity contribution in [2.75, 3.05) is 12.3 Å². The Morgan fingerprint density at radius 3 is 2.84 bits per heavy atom. The van der Waals surface area contributed by atoms with Crippen LogP contribution in [0.4, 0.5) is 0 Å². The third-order valence-corrected chi connectivity index (χ3v) is 7.74. The van der Waals surface area contributed by atoms with E-state index in [1.165, 1.54) is 6.07 Å². The molecular formula is C10H12BrNO4S3. The maximum absolute atomic E-state index is 12.1. The van der Waals surface area contributed by atoms with E-state index in [1.807, 2.05) is 0 Å². The molecule has 0 radical (unpaired) electrons. The minimum atomic E-state index is -3.65. The van der Waals surface area contributed by atoms with E-state index in [-0.39, 0.29) is 9.77 Å².